The molecule has 6 aromatic carbocycles. The molecule has 0 amide bonds. The minimum Gasteiger partial charge on any atom is -0.507 e. The zero-order chi connectivity index (χ0) is 28.5. The molecule has 0 fully saturated rings. The van der Waals surface area contributed by atoms with Crippen LogP contribution < -0.4 is 5.73 Å². The molecule has 0 radical (unpaired) electrons. The first-order valence-corrected chi connectivity index (χ1v) is 14.0. The third-order valence-electron chi connectivity index (χ3n) is 7.88. The van der Waals surface area contributed by atoms with Gasteiger partial charge in [-0.25, -0.2) is 0 Å². The number of aromatic nitrogens is 1. The summed E-state index contributed by atoms with van der Waals surface area (Å²) in [4.78, 5) is 5.20. The molecule has 7 rings (SSSR count). The van der Waals surface area contributed by atoms with E-state index in [2.05, 4.69) is 89.5 Å². The number of benzene rings is 6. The van der Waals surface area contributed by atoms with Gasteiger partial charge in [0.1, 0.15) is 11.8 Å². The minimum absolute atomic E-state index is 0.256. The summed E-state index contributed by atoms with van der Waals surface area (Å²) in [5.74, 6) is 0.256. The van der Waals surface area contributed by atoms with Crippen LogP contribution >= 0.6 is 0 Å². The number of aliphatic imine (C=N–C) groups is 1. The summed E-state index contributed by atoms with van der Waals surface area (Å²) < 4.78 is 2.14. The van der Waals surface area contributed by atoms with Gasteiger partial charge in [-0.15, -0.1) is 0 Å². The Kier molecular flexibility index (Phi) is 6.49. The van der Waals surface area contributed by atoms with Crippen LogP contribution in [0.3, 0.4) is 0 Å². The average molecular weight is 544 g/mol. The van der Waals surface area contributed by atoms with Crippen molar-refractivity contribution in [2.75, 3.05) is 5.73 Å². The second kappa shape index (κ2) is 10.8. The fraction of sp³-hybridized carbons (Fsp3) is 0.0263. The van der Waals surface area contributed by atoms with Crippen molar-refractivity contribution in [3.8, 4) is 28.0 Å². The Morgan fingerprint density at radius 1 is 0.595 bits per heavy atom. The zero-order valence-electron chi connectivity index (χ0n) is 22.9. The van der Waals surface area contributed by atoms with Gasteiger partial charge in [0.15, 0.2) is 0 Å². The molecule has 1 atom stereocenters. The number of rotatable bonds is 6. The SMILES string of the molecule is Nc1ccccc1C(/N=C/n1c2ccccc2c2ccc(-c3ccccc3O)cc21)c1ccc(-c2ccccc2)cc1. The Bertz CT molecular complexity index is 2060. The first kappa shape index (κ1) is 25.4. The van der Waals surface area contributed by atoms with Crippen molar-refractivity contribution in [3.05, 3.63) is 157 Å². The Morgan fingerprint density at radius 2 is 1.24 bits per heavy atom. The van der Waals surface area contributed by atoms with Gasteiger partial charge in [0.2, 0.25) is 0 Å². The van der Waals surface area contributed by atoms with E-state index in [1.54, 1.807) is 6.07 Å². The number of phenolic OH excluding ortho intramolecular Hbond substituents is 1. The summed E-state index contributed by atoms with van der Waals surface area (Å²) in [5, 5.41) is 12.8. The van der Waals surface area contributed by atoms with Gasteiger partial charge in [0, 0.05) is 27.6 Å². The molecular weight excluding hydrogens is 514 g/mol. The summed E-state index contributed by atoms with van der Waals surface area (Å²) >= 11 is 0. The van der Waals surface area contributed by atoms with Crippen LogP contribution in [0.4, 0.5) is 5.69 Å². The number of nitrogens with two attached hydrogens (primary N) is 1. The van der Waals surface area contributed by atoms with E-state index in [0.29, 0.717) is 5.69 Å². The molecule has 1 unspecified atom stereocenters. The van der Waals surface area contributed by atoms with Gasteiger partial charge in [-0.3, -0.25) is 4.99 Å². The highest BCUT2D eigenvalue weighted by Gasteiger charge is 2.17. The summed E-state index contributed by atoms with van der Waals surface area (Å²) in [6.07, 6.45) is 1.92. The molecule has 0 saturated carbocycles. The fourth-order valence-corrected chi connectivity index (χ4v) is 5.74. The van der Waals surface area contributed by atoms with Crippen LogP contribution in [-0.2, 0) is 0 Å². The van der Waals surface area contributed by atoms with Crippen LogP contribution in [0.2, 0.25) is 0 Å². The number of hydrogen-bond donors (Lipinski definition) is 2. The van der Waals surface area contributed by atoms with Gasteiger partial charge in [-0.2, -0.15) is 0 Å². The smallest absolute Gasteiger partial charge is 0.123 e. The second-order valence-electron chi connectivity index (χ2n) is 10.4. The van der Waals surface area contributed by atoms with Gasteiger partial charge in [0.05, 0.1) is 17.4 Å². The maximum absolute atomic E-state index is 10.5. The largest absolute Gasteiger partial charge is 0.507 e. The molecule has 0 aliphatic heterocycles. The van der Waals surface area contributed by atoms with E-state index >= 15 is 0 Å². The number of phenols is 1. The monoisotopic (exact) mass is 543 g/mol. The number of nitrogens with zero attached hydrogens (tertiary/aromatic N) is 2. The number of anilines is 1. The molecule has 7 aromatic rings. The van der Waals surface area contributed by atoms with Crippen LogP contribution in [0.5, 0.6) is 5.75 Å². The average Bonchev–Trinajstić information content (AvgIpc) is 3.35. The molecule has 202 valence electrons. The lowest BCUT2D eigenvalue weighted by atomic mass is 9.95. The highest BCUT2D eigenvalue weighted by Crippen LogP contribution is 2.36. The first-order valence-electron chi connectivity index (χ1n) is 14.0. The first-order chi connectivity index (χ1) is 20.7. The molecule has 0 saturated heterocycles. The Hall–Kier alpha value is -5.61. The molecule has 3 N–H and O–H groups in total. The standard InChI is InChI=1S/C38H29N3O/c39-34-15-7-4-14-33(34)38(28-20-18-27(19-21-28)26-10-2-1-3-11-26)40-25-41-35-16-8-5-13-31(35)32-23-22-29(24-36(32)41)30-12-6-9-17-37(30)42/h1-25,38,42H,39H2/b40-25+. The van der Waals surface area contributed by atoms with Crippen molar-refractivity contribution < 1.29 is 5.11 Å². The molecule has 0 aliphatic rings. The third-order valence-corrected chi connectivity index (χ3v) is 7.88. The van der Waals surface area contributed by atoms with Crippen LogP contribution in [0, 0.1) is 0 Å². The lowest BCUT2D eigenvalue weighted by molar-refractivity contribution is 0.477. The van der Waals surface area contributed by atoms with E-state index in [1.165, 1.54) is 5.56 Å². The van der Waals surface area contributed by atoms with Crippen molar-refractivity contribution in [1.29, 1.82) is 0 Å². The highest BCUT2D eigenvalue weighted by molar-refractivity contribution is 6.12. The number of para-hydroxylation sites is 3. The quantitative estimate of drug-likeness (QED) is 0.125. The van der Waals surface area contributed by atoms with E-state index in [4.69, 9.17) is 10.7 Å². The Morgan fingerprint density at radius 3 is 2.05 bits per heavy atom. The normalized spacial score (nSPS) is 12.3. The summed E-state index contributed by atoms with van der Waals surface area (Å²) in [6, 6.07) is 48.6. The highest BCUT2D eigenvalue weighted by atomic mass is 16.3. The van der Waals surface area contributed by atoms with Gasteiger partial charge in [-0.1, -0.05) is 121 Å². The van der Waals surface area contributed by atoms with E-state index in [9.17, 15) is 5.11 Å². The van der Waals surface area contributed by atoms with Gasteiger partial charge < -0.3 is 15.4 Å². The maximum Gasteiger partial charge on any atom is 0.123 e. The van der Waals surface area contributed by atoms with Crippen molar-refractivity contribution in [2.45, 2.75) is 6.04 Å². The van der Waals surface area contributed by atoms with Gasteiger partial charge >= 0.3 is 0 Å². The van der Waals surface area contributed by atoms with E-state index in [1.807, 2.05) is 60.9 Å². The van der Waals surface area contributed by atoms with Crippen LogP contribution in [0.25, 0.3) is 44.1 Å². The van der Waals surface area contributed by atoms with Crippen LogP contribution in [0.1, 0.15) is 17.2 Å². The van der Waals surface area contributed by atoms with Crippen LogP contribution in [0.15, 0.2) is 151 Å². The topological polar surface area (TPSA) is 63.5 Å². The van der Waals surface area contributed by atoms with E-state index < -0.39 is 0 Å². The fourth-order valence-electron chi connectivity index (χ4n) is 5.74. The van der Waals surface area contributed by atoms with Gasteiger partial charge in [-0.05, 0) is 46.5 Å². The molecular formula is C38H29N3O. The van der Waals surface area contributed by atoms with Crippen molar-refractivity contribution >= 4 is 33.8 Å². The summed E-state index contributed by atoms with van der Waals surface area (Å²) in [5.41, 5.74) is 15.4. The molecule has 4 heteroatoms. The Labute approximate surface area is 244 Å². The molecule has 1 heterocycles. The van der Waals surface area contributed by atoms with Gasteiger partial charge in [0.25, 0.3) is 0 Å². The van der Waals surface area contributed by atoms with Crippen LogP contribution in [-0.4, -0.2) is 16.0 Å². The Balaban J connectivity index is 1.37. The molecule has 0 aliphatic carbocycles. The zero-order valence-corrected chi connectivity index (χ0v) is 22.9. The second-order valence-corrected chi connectivity index (χ2v) is 10.4. The third kappa shape index (κ3) is 4.59. The van der Waals surface area contributed by atoms with Crippen molar-refractivity contribution in [3.63, 3.8) is 0 Å². The van der Waals surface area contributed by atoms with Crippen molar-refractivity contribution in [2.24, 2.45) is 4.99 Å². The molecule has 42 heavy (non-hydrogen) atoms. The summed E-state index contributed by atoms with van der Waals surface area (Å²) in [7, 11) is 0. The lowest BCUT2D eigenvalue weighted by Crippen LogP contribution is -2.05. The van der Waals surface area contributed by atoms with Crippen molar-refractivity contribution in [1.82, 2.24) is 4.57 Å². The minimum atomic E-state index is -0.298. The molecule has 0 spiro atoms. The molecule has 1 aromatic heterocycles. The maximum atomic E-state index is 10.5. The number of nitrogen functional groups attached to an aromatic ring is 1. The summed E-state index contributed by atoms with van der Waals surface area (Å²) in [6.45, 7) is 0. The van der Waals surface area contributed by atoms with E-state index in [-0.39, 0.29) is 11.8 Å². The predicted octanol–water partition coefficient (Wildman–Crippen LogP) is 9.08. The predicted molar refractivity (Wildman–Crippen MR) is 175 cm³/mol. The van der Waals surface area contributed by atoms with E-state index in [0.717, 1.165) is 49.6 Å². The number of fused-ring (bicyclic) bond motifs is 3. The number of hydrogen-bond acceptors (Lipinski definition) is 3. The number of aromatic hydroxyl groups is 1. The molecule has 4 nitrogen and oxygen atoms in total. The molecule has 0 bridgehead atoms. The lowest BCUT2D eigenvalue weighted by Gasteiger charge is -2.17.